The number of ether oxygens (including phenoxy) is 2. The van der Waals surface area contributed by atoms with Crippen molar-refractivity contribution in [3.63, 3.8) is 0 Å². The Hall–Kier alpha value is -3.60. The van der Waals surface area contributed by atoms with Crippen molar-refractivity contribution in [2.75, 3.05) is 32.1 Å². The average molecular weight is 479 g/mol. The van der Waals surface area contributed by atoms with Crippen LogP contribution in [0.3, 0.4) is 0 Å². The lowest BCUT2D eigenvalue weighted by molar-refractivity contribution is -0.135. The molecule has 2 aromatic heterocycles. The molecule has 3 heterocycles. The third-order valence-electron chi connectivity index (χ3n) is 6.04. The third-order valence-corrected chi connectivity index (χ3v) is 6.04. The van der Waals surface area contributed by atoms with Crippen LogP contribution in [0.15, 0.2) is 61.2 Å². The van der Waals surface area contributed by atoms with Gasteiger partial charge in [0.2, 0.25) is 0 Å². The molecule has 0 unspecified atom stereocenters. The van der Waals surface area contributed by atoms with Gasteiger partial charge < -0.3 is 19.9 Å². The minimum Gasteiger partial charge on any atom is -0.497 e. The first-order valence-electron chi connectivity index (χ1n) is 11.4. The van der Waals surface area contributed by atoms with Crippen LogP contribution in [0.5, 0.6) is 5.75 Å². The van der Waals surface area contributed by atoms with Crippen molar-refractivity contribution in [3.8, 4) is 5.75 Å². The van der Waals surface area contributed by atoms with Crippen molar-refractivity contribution in [3.05, 3.63) is 78.1 Å². The number of methoxy groups -OCH3 is 1. The fourth-order valence-electron chi connectivity index (χ4n) is 4.24. The summed E-state index contributed by atoms with van der Waals surface area (Å²) in [4.78, 5) is 15.6. The van der Waals surface area contributed by atoms with Crippen molar-refractivity contribution in [1.82, 2.24) is 24.4 Å². The number of halogens is 1. The van der Waals surface area contributed by atoms with Crippen molar-refractivity contribution in [2.45, 2.75) is 25.4 Å². The van der Waals surface area contributed by atoms with E-state index in [4.69, 9.17) is 9.47 Å². The summed E-state index contributed by atoms with van der Waals surface area (Å²) in [6, 6.07) is 14.3. The standard InChI is InChI=1S/C25H27FN6O3/c1-34-20-8-4-18(5-9-20)11-31-12-21(14-33)35-22(13-31)32-16-30-23-24(28-15-29-25(23)32)27-10-17-2-6-19(26)7-3-17/h2-9,15-16,21-22,33H,10-14H2,1H3,(H,27,28,29)/t21-,22+/m0/s1. The first kappa shape index (κ1) is 23.2. The number of benzene rings is 2. The highest BCUT2D eigenvalue weighted by Gasteiger charge is 2.30. The van der Waals surface area contributed by atoms with E-state index in [-0.39, 0.29) is 24.8 Å². The number of hydrogen-bond donors (Lipinski definition) is 2. The molecule has 4 aromatic rings. The molecule has 35 heavy (non-hydrogen) atoms. The quantitative estimate of drug-likeness (QED) is 0.399. The van der Waals surface area contributed by atoms with Crippen LogP contribution in [0.1, 0.15) is 17.4 Å². The zero-order valence-electron chi connectivity index (χ0n) is 19.3. The maximum atomic E-state index is 13.2. The van der Waals surface area contributed by atoms with Crippen LogP contribution in [-0.2, 0) is 17.8 Å². The van der Waals surface area contributed by atoms with Gasteiger partial charge in [-0.2, -0.15) is 0 Å². The number of fused-ring (bicyclic) bond motifs is 1. The molecule has 9 nitrogen and oxygen atoms in total. The van der Waals surface area contributed by atoms with Crippen LogP contribution in [0.4, 0.5) is 10.2 Å². The zero-order valence-corrected chi connectivity index (χ0v) is 19.3. The molecule has 0 saturated carbocycles. The summed E-state index contributed by atoms with van der Waals surface area (Å²) in [5.41, 5.74) is 3.32. The zero-order chi connectivity index (χ0) is 24.2. The van der Waals surface area contributed by atoms with Crippen LogP contribution >= 0.6 is 0 Å². The molecule has 2 aromatic carbocycles. The molecule has 2 N–H and O–H groups in total. The number of imidazole rings is 1. The van der Waals surface area contributed by atoms with Crippen LogP contribution in [-0.4, -0.2) is 62.4 Å². The molecular formula is C25H27FN6O3. The fourth-order valence-corrected chi connectivity index (χ4v) is 4.24. The Morgan fingerprint density at radius 2 is 1.83 bits per heavy atom. The Bertz CT molecular complexity index is 1260. The maximum absolute atomic E-state index is 13.2. The SMILES string of the molecule is COc1ccc(CN2C[C@@H](CO)O[C@@H](n3cnc4c(NCc5ccc(F)cc5)ncnc43)C2)cc1. The van der Waals surface area contributed by atoms with E-state index in [1.54, 1.807) is 25.6 Å². The minimum atomic E-state index is -0.371. The van der Waals surface area contributed by atoms with Gasteiger partial charge in [0.15, 0.2) is 17.0 Å². The van der Waals surface area contributed by atoms with E-state index in [2.05, 4.69) is 25.2 Å². The molecule has 1 aliphatic rings. The van der Waals surface area contributed by atoms with Crippen LogP contribution < -0.4 is 10.1 Å². The Labute approximate surface area is 202 Å². The van der Waals surface area contributed by atoms with Gasteiger partial charge in [0.05, 0.1) is 26.1 Å². The second-order valence-electron chi connectivity index (χ2n) is 8.46. The Morgan fingerprint density at radius 3 is 2.57 bits per heavy atom. The van der Waals surface area contributed by atoms with E-state index < -0.39 is 0 Å². The van der Waals surface area contributed by atoms with Gasteiger partial charge >= 0.3 is 0 Å². The molecule has 182 valence electrons. The van der Waals surface area contributed by atoms with Crippen molar-refractivity contribution in [1.29, 1.82) is 0 Å². The summed E-state index contributed by atoms with van der Waals surface area (Å²) >= 11 is 0. The van der Waals surface area contributed by atoms with E-state index >= 15 is 0 Å². The first-order chi connectivity index (χ1) is 17.1. The largest absolute Gasteiger partial charge is 0.497 e. The van der Waals surface area contributed by atoms with Crippen LogP contribution in [0.2, 0.25) is 0 Å². The second kappa shape index (κ2) is 10.3. The summed E-state index contributed by atoms with van der Waals surface area (Å²) < 4.78 is 26.5. The van der Waals surface area contributed by atoms with E-state index in [1.165, 1.54) is 18.5 Å². The lowest BCUT2D eigenvalue weighted by Crippen LogP contribution is -2.46. The normalized spacial score (nSPS) is 18.6. The Balaban J connectivity index is 1.34. The Morgan fingerprint density at radius 1 is 1.06 bits per heavy atom. The van der Waals surface area contributed by atoms with Gasteiger partial charge in [-0.3, -0.25) is 9.47 Å². The van der Waals surface area contributed by atoms with Crippen molar-refractivity contribution >= 4 is 17.0 Å². The number of aliphatic hydroxyl groups excluding tert-OH is 1. The fraction of sp³-hybridized carbons (Fsp3) is 0.320. The molecule has 10 heteroatoms. The van der Waals surface area contributed by atoms with Crippen LogP contribution in [0.25, 0.3) is 11.2 Å². The molecule has 0 bridgehead atoms. The van der Waals surface area contributed by atoms with Gasteiger partial charge in [0.25, 0.3) is 0 Å². The number of aromatic nitrogens is 4. The van der Waals surface area contributed by atoms with E-state index in [0.717, 1.165) is 16.9 Å². The van der Waals surface area contributed by atoms with Crippen LogP contribution in [0, 0.1) is 5.82 Å². The molecule has 0 amide bonds. The molecule has 0 radical (unpaired) electrons. The predicted octanol–water partition coefficient (Wildman–Crippen LogP) is 2.98. The number of hydrogen-bond acceptors (Lipinski definition) is 8. The topological polar surface area (TPSA) is 97.6 Å². The smallest absolute Gasteiger partial charge is 0.167 e. The molecule has 1 aliphatic heterocycles. The number of nitrogens with zero attached hydrogens (tertiary/aromatic N) is 5. The Kier molecular flexibility index (Phi) is 6.84. The molecule has 1 saturated heterocycles. The van der Waals surface area contributed by atoms with E-state index in [9.17, 15) is 9.50 Å². The molecule has 5 rings (SSSR count). The second-order valence-corrected chi connectivity index (χ2v) is 8.46. The van der Waals surface area contributed by atoms with Gasteiger partial charge in [0.1, 0.15) is 24.1 Å². The highest BCUT2D eigenvalue weighted by molar-refractivity contribution is 5.82. The average Bonchev–Trinajstić information content (AvgIpc) is 3.33. The van der Waals surface area contributed by atoms with Gasteiger partial charge in [-0.05, 0) is 35.4 Å². The summed E-state index contributed by atoms with van der Waals surface area (Å²) in [5.74, 6) is 1.13. The first-order valence-corrected chi connectivity index (χ1v) is 11.4. The van der Waals surface area contributed by atoms with Gasteiger partial charge in [-0.25, -0.2) is 19.3 Å². The van der Waals surface area contributed by atoms with Crippen molar-refractivity contribution < 1.29 is 19.0 Å². The lowest BCUT2D eigenvalue weighted by Gasteiger charge is -2.37. The highest BCUT2D eigenvalue weighted by Crippen LogP contribution is 2.27. The van der Waals surface area contributed by atoms with E-state index in [0.29, 0.717) is 43.2 Å². The number of aliphatic hydroxyl groups is 1. The number of nitrogens with one attached hydrogen (secondary N) is 1. The van der Waals surface area contributed by atoms with Gasteiger partial charge in [-0.1, -0.05) is 24.3 Å². The van der Waals surface area contributed by atoms with Crippen molar-refractivity contribution in [2.24, 2.45) is 0 Å². The predicted molar refractivity (Wildman–Crippen MR) is 128 cm³/mol. The summed E-state index contributed by atoms with van der Waals surface area (Å²) in [6.45, 7) is 2.33. The number of morpholine rings is 1. The third kappa shape index (κ3) is 5.24. The number of anilines is 1. The summed E-state index contributed by atoms with van der Waals surface area (Å²) in [7, 11) is 1.65. The molecule has 0 spiro atoms. The van der Waals surface area contributed by atoms with E-state index in [1.807, 2.05) is 28.8 Å². The molecule has 2 atom stereocenters. The minimum absolute atomic E-state index is 0.0816. The van der Waals surface area contributed by atoms with Gasteiger partial charge in [-0.15, -0.1) is 0 Å². The number of rotatable bonds is 8. The molecule has 1 fully saturated rings. The van der Waals surface area contributed by atoms with Gasteiger partial charge in [0, 0.05) is 26.2 Å². The summed E-state index contributed by atoms with van der Waals surface area (Å²) in [6.07, 6.45) is 2.47. The summed E-state index contributed by atoms with van der Waals surface area (Å²) in [5, 5.41) is 13.1. The highest BCUT2D eigenvalue weighted by atomic mass is 19.1. The monoisotopic (exact) mass is 478 g/mol. The molecular weight excluding hydrogens is 451 g/mol. The maximum Gasteiger partial charge on any atom is 0.167 e. The lowest BCUT2D eigenvalue weighted by atomic mass is 10.1. The molecule has 0 aliphatic carbocycles.